The van der Waals surface area contributed by atoms with Gasteiger partial charge < -0.3 is 4.74 Å². The van der Waals surface area contributed by atoms with Gasteiger partial charge in [0.1, 0.15) is 23.1 Å². The number of hydrogen-bond acceptors (Lipinski definition) is 4. The molecule has 0 saturated heterocycles. The van der Waals surface area contributed by atoms with E-state index in [9.17, 15) is 12.8 Å². The van der Waals surface area contributed by atoms with E-state index < -0.39 is 15.8 Å². The van der Waals surface area contributed by atoms with Crippen LogP contribution in [0.4, 0.5) is 4.39 Å². The van der Waals surface area contributed by atoms with E-state index in [0.29, 0.717) is 11.4 Å². The molecule has 0 aliphatic rings. The van der Waals surface area contributed by atoms with E-state index in [1.54, 1.807) is 13.8 Å². The third-order valence-electron chi connectivity index (χ3n) is 2.87. The van der Waals surface area contributed by atoms with Crippen LogP contribution in [0.25, 0.3) is 0 Å². The van der Waals surface area contributed by atoms with Crippen LogP contribution in [-0.4, -0.2) is 31.8 Å². The molecule has 2 N–H and O–H groups in total. The molecule has 2 rings (SSSR count). The fourth-order valence-electron chi connectivity index (χ4n) is 1.94. The van der Waals surface area contributed by atoms with Gasteiger partial charge in [0.25, 0.3) is 0 Å². The predicted molar refractivity (Wildman–Crippen MR) is 80.2 cm³/mol. The predicted octanol–water partition coefficient (Wildman–Crippen LogP) is 2.18. The lowest BCUT2D eigenvalue weighted by atomic mass is 10.3. The first-order valence-corrected chi connectivity index (χ1v) is 8.26. The quantitative estimate of drug-likeness (QED) is 0.784. The highest BCUT2D eigenvalue weighted by Gasteiger charge is 2.21. The molecule has 0 aliphatic carbocycles. The molecular weight excluding hydrogens is 333 g/mol. The summed E-state index contributed by atoms with van der Waals surface area (Å²) >= 11 is 5.81. The van der Waals surface area contributed by atoms with Gasteiger partial charge in [0.2, 0.25) is 10.0 Å². The number of benzene rings is 1. The number of rotatable bonds is 6. The molecule has 1 aromatic carbocycles. The highest BCUT2D eigenvalue weighted by molar-refractivity contribution is 7.89. The van der Waals surface area contributed by atoms with E-state index >= 15 is 0 Å². The van der Waals surface area contributed by atoms with E-state index in [1.165, 1.54) is 12.1 Å². The van der Waals surface area contributed by atoms with Crippen molar-refractivity contribution in [3.63, 3.8) is 0 Å². The van der Waals surface area contributed by atoms with E-state index in [2.05, 4.69) is 14.9 Å². The Morgan fingerprint density at radius 1 is 1.41 bits per heavy atom. The zero-order chi connectivity index (χ0) is 16.3. The van der Waals surface area contributed by atoms with Gasteiger partial charge in [0.15, 0.2) is 0 Å². The number of aromatic nitrogens is 2. The lowest BCUT2D eigenvalue weighted by Crippen LogP contribution is -2.29. The van der Waals surface area contributed by atoms with E-state index in [1.807, 2.05) is 0 Å². The SMILES string of the molecule is Cc1n[nH]c(C)c1S(=O)(=O)NCCOc1ccc(F)cc1Cl. The summed E-state index contributed by atoms with van der Waals surface area (Å²) in [6.45, 7) is 3.33. The standard InChI is InChI=1S/C13H15ClFN3O3S/c1-8-13(9(2)18-17-8)22(19,20)16-5-6-21-12-4-3-10(15)7-11(12)14/h3-4,7,16H,5-6H2,1-2H3,(H,17,18). The molecule has 0 unspecified atom stereocenters. The number of halogens is 2. The second kappa shape index (κ2) is 6.64. The van der Waals surface area contributed by atoms with Crippen molar-refractivity contribution in [2.45, 2.75) is 18.7 Å². The van der Waals surface area contributed by atoms with Gasteiger partial charge in [-0.25, -0.2) is 17.5 Å². The highest BCUT2D eigenvalue weighted by Crippen LogP contribution is 2.24. The van der Waals surface area contributed by atoms with Crippen molar-refractivity contribution in [2.24, 2.45) is 0 Å². The molecule has 0 spiro atoms. The summed E-state index contributed by atoms with van der Waals surface area (Å²) in [4.78, 5) is 0.132. The summed E-state index contributed by atoms with van der Waals surface area (Å²) in [5.74, 6) is -0.179. The molecule has 22 heavy (non-hydrogen) atoms. The van der Waals surface area contributed by atoms with Gasteiger partial charge in [-0.2, -0.15) is 5.10 Å². The summed E-state index contributed by atoms with van der Waals surface area (Å²) in [5.41, 5.74) is 0.861. The Hall–Kier alpha value is -1.64. The lowest BCUT2D eigenvalue weighted by molar-refractivity contribution is 0.322. The van der Waals surface area contributed by atoms with Crippen LogP contribution in [0, 0.1) is 19.7 Å². The van der Waals surface area contributed by atoms with Crippen LogP contribution < -0.4 is 9.46 Å². The van der Waals surface area contributed by atoms with Crippen molar-refractivity contribution in [3.05, 3.63) is 40.4 Å². The molecule has 9 heteroatoms. The fraction of sp³-hybridized carbons (Fsp3) is 0.308. The maximum atomic E-state index is 12.9. The molecule has 0 aliphatic heterocycles. The van der Waals surface area contributed by atoms with Crippen LogP contribution in [0.1, 0.15) is 11.4 Å². The Morgan fingerprint density at radius 3 is 2.73 bits per heavy atom. The first kappa shape index (κ1) is 16.7. The molecule has 0 radical (unpaired) electrons. The Morgan fingerprint density at radius 2 is 2.14 bits per heavy atom. The average molecular weight is 348 g/mol. The van der Waals surface area contributed by atoms with Gasteiger partial charge >= 0.3 is 0 Å². The molecule has 0 fully saturated rings. The zero-order valence-electron chi connectivity index (χ0n) is 12.0. The van der Waals surface area contributed by atoms with Crippen molar-refractivity contribution in [1.29, 1.82) is 0 Å². The lowest BCUT2D eigenvalue weighted by Gasteiger charge is -2.09. The van der Waals surface area contributed by atoms with Crippen molar-refractivity contribution in [1.82, 2.24) is 14.9 Å². The molecule has 0 bridgehead atoms. The molecule has 0 amide bonds. The average Bonchev–Trinajstić information content (AvgIpc) is 2.77. The van der Waals surface area contributed by atoms with Crippen molar-refractivity contribution in [2.75, 3.05) is 13.2 Å². The van der Waals surface area contributed by atoms with E-state index in [-0.39, 0.29) is 28.8 Å². The summed E-state index contributed by atoms with van der Waals surface area (Å²) in [6, 6.07) is 3.72. The minimum Gasteiger partial charge on any atom is -0.491 e. The number of nitrogens with one attached hydrogen (secondary N) is 2. The Bertz CT molecular complexity index is 757. The van der Waals surface area contributed by atoms with Crippen LogP contribution in [0.2, 0.25) is 5.02 Å². The van der Waals surface area contributed by atoms with Gasteiger partial charge in [0, 0.05) is 6.54 Å². The number of hydrogen-bond donors (Lipinski definition) is 2. The topological polar surface area (TPSA) is 84.1 Å². The molecule has 1 aromatic heterocycles. The number of aryl methyl sites for hydroxylation is 2. The van der Waals surface area contributed by atoms with Crippen molar-refractivity contribution < 1.29 is 17.5 Å². The van der Waals surface area contributed by atoms with E-state index in [4.69, 9.17) is 16.3 Å². The number of aromatic amines is 1. The molecule has 0 atom stereocenters. The summed E-state index contributed by atoms with van der Waals surface area (Å²) in [6.07, 6.45) is 0. The summed E-state index contributed by atoms with van der Waals surface area (Å²) in [7, 11) is -3.67. The van der Waals surface area contributed by atoms with Gasteiger partial charge in [-0.05, 0) is 32.0 Å². The Balaban J connectivity index is 1.94. The highest BCUT2D eigenvalue weighted by atomic mass is 35.5. The van der Waals surface area contributed by atoms with Crippen molar-refractivity contribution >= 4 is 21.6 Å². The zero-order valence-corrected chi connectivity index (χ0v) is 13.6. The molecule has 1 heterocycles. The third kappa shape index (κ3) is 3.76. The second-order valence-electron chi connectivity index (χ2n) is 4.58. The monoisotopic (exact) mass is 347 g/mol. The Labute approximate surface area is 132 Å². The van der Waals surface area contributed by atoms with Crippen LogP contribution >= 0.6 is 11.6 Å². The summed E-state index contributed by atoms with van der Waals surface area (Å²) < 4.78 is 44.9. The van der Waals surface area contributed by atoms with E-state index in [0.717, 1.165) is 6.07 Å². The van der Waals surface area contributed by atoms with Gasteiger partial charge in [-0.1, -0.05) is 11.6 Å². The largest absolute Gasteiger partial charge is 0.491 e. The number of sulfonamides is 1. The minimum atomic E-state index is -3.67. The molecular formula is C13H15ClFN3O3S. The van der Waals surface area contributed by atoms with Crippen LogP contribution in [0.15, 0.2) is 23.1 Å². The van der Waals surface area contributed by atoms with Crippen LogP contribution in [0.5, 0.6) is 5.75 Å². The van der Waals surface area contributed by atoms with Crippen LogP contribution in [0.3, 0.4) is 0 Å². The van der Waals surface area contributed by atoms with Gasteiger partial charge in [-0.3, -0.25) is 5.10 Å². The first-order chi connectivity index (χ1) is 10.3. The molecule has 0 saturated carbocycles. The second-order valence-corrected chi connectivity index (χ2v) is 6.70. The maximum Gasteiger partial charge on any atom is 0.244 e. The van der Waals surface area contributed by atoms with Gasteiger partial charge in [0.05, 0.1) is 16.4 Å². The normalized spacial score (nSPS) is 11.6. The third-order valence-corrected chi connectivity index (χ3v) is 4.89. The molecule has 2 aromatic rings. The smallest absolute Gasteiger partial charge is 0.244 e. The maximum absolute atomic E-state index is 12.9. The number of H-pyrrole nitrogens is 1. The Kier molecular flexibility index (Phi) is 5.05. The molecule has 120 valence electrons. The summed E-state index contributed by atoms with van der Waals surface area (Å²) in [5, 5.41) is 6.60. The van der Waals surface area contributed by atoms with Gasteiger partial charge in [-0.15, -0.1) is 0 Å². The van der Waals surface area contributed by atoms with Crippen LogP contribution in [-0.2, 0) is 10.0 Å². The van der Waals surface area contributed by atoms with Crippen molar-refractivity contribution in [3.8, 4) is 5.75 Å². The minimum absolute atomic E-state index is 0.0418. The number of ether oxygens (including phenoxy) is 1. The number of nitrogens with zero attached hydrogens (tertiary/aromatic N) is 1. The fourth-order valence-corrected chi connectivity index (χ4v) is 3.54. The molecule has 6 nitrogen and oxygen atoms in total. The first-order valence-electron chi connectivity index (χ1n) is 6.40.